The summed E-state index contributed by atoms with van der Waals surface area (Å²) in [5.41, 5.74) is 9.32. The zero-order valence-corrected chi connectivity index (χ0v) is 24.3. The minimum absolute atomic E-state index is 0.0208. The lowest BCUT2D eigenvalue weighted by atomic mass is 9.59. The van der Waals surface area contributed by atoms with Crippen molar-refractivity contribution in [2.45, 2.75) is 76.3 Å². The Balaban J connectivity index is 1.46. The fourth-order valence-electron chi connectivity index (χ4n) is 6.18. The summed E-state index contributed by atoms with van der Waals surface area (Å²) in [5, 5.41) is 0. The number of aliphatic imine (C=N–C) groups is 2. The number of hydrogen-bond donors (Lipinski definition) is 0. The maximum atomic E-state index is 5.29. The average molecular weight is 527 g/mol. The Morgan fingerprint density at radius 3 is 1.18 bits per heavy atom. The van der Waals surface area contributed by atoms with E-state index >= 15 is 0 Å². The number of hydrogen-bond acceptors (Lipinski definition) is 4. The van der Waals surface area contributed by atoms with Gasteiger partial charge in [0, 0.05) is 46.5 Å². The molecule has 4 heteroatoms. The minimum Gasteiger partial charge on any atom is -0.284 e. The van der Waals surface area contributed by atoms with Crippen molar-refractivity contribution in [1.82, 2.24) is 9.97 Å². The third-order valence-electron chi connectivity index (χ3n) is 8.20. The molecular formula is C36H38N4. The van der Waals surface area contributed by atoms with E-state index in [4.69, 9.17) is 20.0 Å². The van der Waals surface area contributed by atoms with Gasteiger partial charge in [-0.3, -0.25) is 20.0 Å². The molecule has 2 aromatic carbocycles. The third-order valence-corrected chi connectivity index (χ3v) is 8.20. The molecule has 4 nitrogen and oxygen atoms in total. The highest BCUT2D eigenvalue weighted by atomic mass is 15.0. The predicted molar refractivity (Wildman–Crippen MR) is 165 cm³/mol. The molecule has 0 saturated heterocycles. The highest BCUT2D eigenvalue weighted by Crippen LogP contribution is 2.54. The van der Waals surface area contributed by atoms with Gasteiger partial charge in [0.2, 0.25) is 0 Å². The maximum Gasteiger partial charge on any atom is 0.0842 e. The first-order chi connectivity index (χ1) is 19.1. The summed E-state index contributed by atoms with van der Waals surface area (Å²) in [6.45, 7) is 13.2. The van der Waals surface area contributed by atoms with Crippen molar-refractivity contribution in [3.05, 3.63) is 130 Å². The second kappa shape index (κ2) is 9.92. The lowest BCUT2D eigenvalue weighted by Crippen LogP contribution is -2.45. The van der Waals surface area contributed by atoms with Gasteiger partial charge in [0.05, 0.1) is 23.5 Å². The van der Waals surface area contributed by atoms with Crippen LogP contribution in [0, 0.1) is 0 Å². The molecular weight excluding hydrogens is 488 g/mol. The summed E-state index contributed by atoms with van der Waals surface area (Å²) < 4.78 is 0. The zero-order valence-electron chi connectivity index (χ0n) is 24.3. The van der Waals surface area contributed by atoms with Crippen LogP contribution in [0.25, 0.3) is 0 Å². The van der Waals surface area contributed by atoms with Gasteiger partial charge < -0.3 is 0 Å². The van der Waals surface area contributed by atoms with Crippen LogP contribution in [0.15, 0.2) is 94.9 Å². The molecule has 2 bridgehead atoms. The monoisotopic (exact) mass is 526 g/mol. The van der Waals surface area contributed by atoms with Crippen LogP contribution >= 0.6 is 0 Å². The van der Waals surface area contributed by atoms with Crippen LogP contribution < -0.4 is 0 Å². The second-order valence-electron chi connectivity index (χ2n) is 13.1. The quantitative estimate of drug-likeness (QED) is 0.257. The first kappa shape index (κ1) is 26.3. The molecule has 40 heavy (non-hydrogen) atoms. The number of fused-ring (bicyclic) bond motifs is 1. The summed E-state index contributed by atoms with van der Waals surface area (Å²) in [6, 6.07) is 30.1. The second-order valence-corrected chi connectivity index (χ2v) is 13.1. The van der Waals surface area contributed by atoms with Crippen LogP contribution in [-0.2, 0) is 10.8 Å². The summed E-state index contributed by atoms with van der Waals surface area (Å²) in [5.74, 6) is 0.269. The van der Waals surface area contributed by atoms with Gasteiger partial charge in [0.15, 0.2) is 0 Å². The Hall–Kier alpha value is -3.92. The number of nitrogens with zero attached hydrogens (tertiary/aromatic N) is 4. The van der Waals surface area contributed by atoms with Crippen LogP contribution in [0.5, 0.6) is 0 Å². The average Bonchev–Trinajstić information content (AvgIpc) is 2.94. The molecule has 2 heterocycles. The van der Waals surface area contributed by atoms with E-state index in [2.05, 4.69) is 114 Å². The molecule has 0 fully saturated rings. The van der Waals surface area contributed by atoms with E-state index in [0.29, 0.717) is 0 Å². The van der Waals surface area contributed by atoms with E-state index in [0.717, 1.165) is 22.8 Å². The molecule has 4 aromatic rings. The van der Waals surface area contributed by atoms with Crippen molar-refractivity contribution in [2.75, 3.05) is 0 Å². The van der Waals surface area contributed by atoms with Gasteiger partial charge in [-0.15, -0.1) is 0 Å². The van der Waals surface area contributed by atoms with E-state index in [1.54, 1.807) is 0 Å². The van der Waals surface area contributed by atoms with Gasteiger partial charge in [0.25, 0.3) is 0 Å². The molecule has 2 atom stereocenters. The van der Waals surface area contributed by atoms with Crippen LogP contribution in [0.3, 0.4) is 0 Å². The van der Waals surface area contributed by atoms with Crippen molar-refractivity contribution < 1.29 is 0 Å². The Morgan fingerprint density at radius 2 is 0.850 bits per heavy atom. The van der Waals surface area contributed by atoms with Gasteiger partial charge in [-0.2, -0.15) is 0 Å². The largest absolute Gasteiger partial charge is 0.284 e. The van der Waals surface area contributed by atoms with Crippen LogP contribution in [-0.4, -0.2) is 34.5 Å². The van der Waals surface area contributed by atoms with Crippen molar-refractivity contribution in [1.29, 1.82) is 0 Å². The van der Waals surface area contributed by atoms with Crippen molar-refractivity contribution in [2.24, 2.45) is 9.98 Å². The number of pyridine rings is 2. The predicted octanol–water partition coefficient (Wildman–Crippen LogP) is 7.64. The summed E-state index contributed by atoms with van der Waals surface area (Å²) >= 11 is 0. The molecule has 0 spiro atoms. The van der Waals surface area contributed by atoms with E-state index in [1.165, 1.54) is 22.3 Å². The molecule has 2 aromatic heterocycles. The molecule has 0 aliphatic heterocycles. The number of aromatic nitrogens is 2. The minimum atomic E-state index is -0.0445. The molecule has 0 saturated carbocycles. The maximum absolute atomic E-state index is 5.29. The molecule has 3 aliphatic rings. The lowest BCUT2D eigenvalue weighted by Gasteiger charge is -2.47. The SMILES string of the molecule is CC(C)(C)c1cccc(C=N[C@@H]2C3c4ccccc4C(c4ccccc43)[C@H]2N=Cc2cccc(C(C)(C)C)n2)n1. The smallest absolute Gasteiger partial charge is 0.0842 e. The first-order valence-electron chi connectivity index (χ1n) is 14.3. The Labute approximate surface area is 238 Å². The molecule has 202 valence electrons. The summed E-state index contributed by atoms with van der Waals surface area (Å²) in [4.78, 5) is 20.4. The molecule has 0 amide bonds. The normalized spacial score (nSPS) is 22.1. The van der Waals surface area contributed by atoms with E-state index in [9.17, 15) is 0 Å². The molecule has 0 N–H and O–H groups in total. The van der Waals surface area contributed by atoms with Crippen LogP contribution in [0.4, 0.5) is 0 Å². The highest BCUT2D eigenvalue weighted by molar-refractivity contribution is 5.79. The van der Waals surface area contributed by atoms with E-state index in [1.807, 2.05) is 24.6 Å². The molecule has 7 rings (SSSR count). The van der Waals surface area contributed by atoms with Gasteiger partial charge in [-0.25, -0.2) is 0 Å². The van der Waals surface area contributed by atoms with Crippen molar-refractivity contribution >= 4 is 12.4 Å². The zero-order chi connectivity index (χ0) is 28.1. The first-order valence-corrected chi connectivity index (χ1v) is 14.3. The van der Waals surface area contributed by atoms with Gasteiger partial charge in [-0.05, 0) is 46.5 Å². The Morgan fingerprint density at radius 1 is 0.500 bits per heavy atom. The fraction of sp³-hybridized carbons (Fsp3) is 0.333. The fourth-order valence-corrected chi connectivity index (χ4v) is 6.18. The highest BCUT2D eigenvalue weighted by Gasteiger charge is 2.49. The van der Waals surface area contributed by atoms with Crippen molar-refractivity contribution in [3.63, 3.8) is 0 Å². The lowest BCUT2D eigenvalue weighted by molar-refractivity contribution is 0.391. The molecule has 3 aliphatic carbocycles. The Bertz CT molecular complexity index is 1430. The molecule has 0 radical (unpaired) electrons. The van der Waals surface area contributed by atoms with E-state index in [-0.39, 0.29) is 34.7 Å². The van der Waals surface area contributed by atoms with Crippen molar-refractivity contribution in [3.8, 4) is 0 Å². The van der Waals surface area contributed by atoms with E-state index < -0.39 is 0 Å². The number of rotatable bonds is 4. The van der Waals surface area contributed by atoms with Crippen LogP contribution in [0.2, 0.25) is 0 Å². The third kappa shape index (κ3) is 4.81. The summed E-state index contributed by atoms with van der Waals surface area (Å²) in [7, 11) is 0. The van der Waals surface area contributed by atoms with Crippen LogP contribution in [0.1, 0.15) is 98.4 Å². The topological polar surface area (TPSA) is 50.5 Å². The van der Waals surface area contributed by atoms with Gasteiger partial charge >= 0.3 is 0 Å². The summed E-state index contributed by atoms with van der Waals surface area (Å²) in [6.07, 6.45) is 3.93. The Kier molecular flexibility index (Phi) is 6.53. The standard InChI is InChI=1S/C36H38N4/c1-35(2,3)29-19-11-13-23(39-29)21-37-33-31-25-15-7-9-17-27(25)32(28-18-10-8-16-26(28)31)34(33)38-22-24-14-12-20-30(40-24)36(4,5)6/h7-22,31-34H,1-6H3/t31?,32?,33-,34-/m1/s1. The number of benzene rings is 2. The molecule has 0 unspecified atom stereocenters. The van der Waals surface area contributed by atoms with Gasteiger partial charge in [-0.1, -0.05) is 102 Å². The van der Waals surface area contributed by atoms with Gasteiger partial charge in [0.1, 0.15) is 0 Å².